The Labute approximate surface area is 134 Å². The molecule has 0 aromatic carbocycles. The van der Waals surface area contributed by atoms with Gasteiger partial charge in [-0.05, 0) is 39.0 Å². The molecule has 1 saturated heterocycles. The predicted octanol–water partition coefficient (Wildman–Crippen LogP) is 3.65. The van der Waals surface area contributed by atoms with E-state index in [9.17, 15) is 4.79 Å². The molecule has 3 nitrogen and oxygen atoms in total. The van der Waals surface area contributed by atoms with Crippen molar-refractivity contribution in [1.29, 1.82) is 0 Å². The molecule has 1 aliphatic heterocycles. The Hall–Kier alpha value is -0.130. The van der Waals surface area contributed by atoms with E-state index >= 15 is 0 Å². The first-order chi connectivity index (χ1) is 9.51. The van der Waals surface area contributed by atoms with E-state index in [1.165, 1.54) is 30.7 Å². The van der Waals surface area contributed by atoms with Crippen LogP contribution >= 0.6 is 34.5 Å². The van der Waals surface area contributed by atoms with Crippen LogP contribution in [0.5, 0.6) is 0 Å². The lowest BCUT2D eigenvalue weighted by Gasteiger charge is -2.27. The fraction of sp³-hybridized carbons (Fsp3) is 0.643. The van der Waals surface area contributed by atoms with Crippen molar-refractivity contribution in [1.82, 2.24) is 9.80 Å². The number of halogens is 2. The van der Waals surface area contributed by atoms with Crippen LogP contribution in [0.3, 0.4) is 0 Å². The van der Waals surface area contributed by atoms with E-state index in [4.69, 9.17) is 23.2 Å². The maximum absolute atomic E-state index is 12.2. The van der Waals surface area contributed by atoms with Crippen LogP contribution in [0.2, 0.25) is 8.67 Å². The van der Waals surface area contributed by atoms with Gasteiger partial charge in [0.2, 0.25) is 0 Å². The Morgan fingerprint density at radius 3 is 2.90 bits per heavy atom. The van der Waals surface area contributed by atoms with Crippen molar-refractivity contribution in [3.05, 3.63) is 20.3 Å². The first-order valence-corrected chi connectivity index (χ1v) is 8.49. The maximum Gasteiger partial charge on any atom is 0.179 e. The normalized spacial score (nSPS) is 19.9. The predicted molar refractivity (Wildman–Crippen MR) is 86.4 cm³/mol. The summed E-state index contributed by atoms with van der Waals surface area (Å²) >= 11 is 13.2. The lowest BCUT2D eigenvalue weighted by molar-refractivity contribution is 0.0929. The molecule has 1 unspecified atom stereocenters. The first kappa shape index (κ1) is 16.2. The van der Waals surface area contributed by atoms with Crippen LogP contribution in [0.4, 0.5) is 0 Å². The highest BCUT2D eigenvalue weighted by Gasteiger charge is 2.25. The third-order valence-electron chi connectivity index (χ3n) is 3.80. The number of ketones is 1. The fourth-order valence-electron chi connectivity index (χ4n) is 2.80. The number of carbonyl (C=O) groups excluding carboxylic acids is 1. The van der Waals surface area contributed by atoms with Gasteiger partial charge in [-0.15, -0.1) is 11.3 Å². The molecule has 2 rings (SSSR count). The van der Waals surface area contributed by atoms with Crippen molar-refractivity contribution in [3.8, 4) is 0 Å². The summed E-state index contributed by atoms with van der Waals surface area (Å²) in [5.41, 5.74) is 0.548. The largest absolute Gasteiger partial charge is 0.299 e. The van der Waals surface area contributed by atoms with Gasteiger partial charge in [-0.3, -0.25) is 14.6 Å². The highest BCUT2D eigenvalue weighted by molar-refractivity contribution is 7.20. The molecule has 2 heterocycles. The third kappa shape index (κ3) is 3.95. The zero-order chi connectivity index (χ0) is 14.7. The van der Waals surface area contributed by atoms with Crippen LogP contribution in [0.1, 0.15) is 30.1 Å². The smallest absolute Gasteiger partial charge is 0.179 e. The molecular formula is C14H20Cl2N2OS. The summed E-state index contributed by atoms with van der Waals surface area (Å²) in [6.45, 7) is 5.76. The van der Waals surface area contributed by atoms with Crippen LogP contribution in [0, 0.1) is 0 Å². The van der Waals surface area contributed by atoms with E-state index in [2.05, 4.69) is 16.7 Å². The molecule has 1 aliphatic rings. The van der Waals surface area contributed by atoms with Crippen LogP contribution in [-0.4, -0.2) is 54.9 Å². The van der Waals surface area contributed by atoms with Gasteiger partial charge in [0.15, 0.2) is 5.78 Å². The summed E-state index contributed by atoms with van der Waals surface area (Å²) in [5, 5.41) is 0. The molecular weight excluding hydrogens is 315 g/mol. The number of carbonyl (C=O) groups is 1. The quantitative estimate of drug-likeness (QED) is 0.742. The van der Waals surface area contributed by atoms with Crippen LogP contribution < -0.4 is 0 Å². The van der Waals surface area contributed by atoms with Gasteiger partial charge in [-0.2, -0.15) is 0 Å². The fourth-order valence-corrected chi connectivity index (χ4v) is 4.30. The molecule has 20 heavy (non-hydrogen) atoms. The molecule has 0 spiro atoms. The molecule has 1 fully saturated rings. The molecule has 6 heteroatoms. The summed E-state index contributed by atoms with van der Waals surface area (Å²) in [7, 11) is 1.99. The Bertz CT molecular complexity index is 478. The van der Waals surface area contributed by atoms with Gasteiger partial charge in [0, 0.05) is 12.6 Å². The Balaban J connectivity index is 1.89. The van der Waals surface area contributed by atoms with Crippen LogP contribution in [0.25, 0.3) is 0 Å². The molecule has 0 N–H and O–H groups in total. The standard InChI is InChI=1S/C14H20Cl2N2OS/c1-3-18-6-4-5-10(18)8-17(2)9-12(19)11-7-13(15)20-14(11)16/h7,10H,3-6,8-9H2,1-2H3. The number of hydrogen-bond donors (Lipinski definition) is 0. The third-order valence-corrected chi connectivity index (χ3v) is 5.29. The number of hydrogen-bond acceptors (Lipinski definition) is 4. The van der Waals surface area contributed by atoms with E-state index < -0.39 is 0 Å². The van der Waals surface area contributed by atoms with E-state index in [0.717, 1.165) is 13.1 Å². The van der Waals surface area contributed by atoms with Crippen molar-refractivity contribution in [2.24, 2.45) is 0 Å². The van der Waals surface area contributed by atoms with E-state index in [1.54, 1.807) is 6.07 Å². The topological polar surface area (TPSA) is 23.6 Å². The van der Waals surface area contributed by atoms with Gasteiger partial charge in [0.05, 0.1) is 16.4 Å². The maximum atomic E-state index is 12.2. The SMILES string of the molecule is CCN1CCCC1CN(C)CC(=O)c1cc(Cl)sc1Cl. The van der Waals surface area contributed by atoms with Crippen molar-refractivity contribution in [2.75, 3.05) is 33.2 Å². The summed E-state index contributed by atoms with van der Waals surface area (Å²) in [6, 6.07) is 2.23. The molecule has 0 radical (unpaired) electrons. The highest BCUT2D eigenvalue weighted by Crippen LogP contribution is 2.31. The van der Waals surface area contributed by atoms with Crippen molar-refractivity contribution >= 4 is 40.3 Å². The number of Topliss-reactive ketones (excluding diaryl/α,β-unsaturated/α-hetero) is 1. The molecule has 0 saturated carbocycles. The first-order valence-electron chi connectivity index (χ1n) is 6.92. The summed E-state index contributed by atoms with van der Waals surface area (Å²) in [6.07, 6.45) is 2.48. The Morgan fingerprint density at radius 1 is 1.55 bits per heavy atom. The average molecular weight is 335 g/mol. The Kier molecular flexibility index (Phi) is 5.87. The second kappa shape index (κ2) is 7.23. The van der Waals surface area contributed by atoms with E-state index in [0.29, 0.717) is 26.8 Å². The number of likely N-dealkylation sites (N-methyl/N-ethyl adjacent to an activating group) is 2. The summed E-state index contributed by atoms with van der Waals surface area (Å²) in [4.78, 5) is 16.8. The number of likely N-dealkylation sites (tertiary alicyclic amines) is 1. The van der Waals surface area contributed by atoms with Crippen LogP contribution in [-0.2, 0) is 0 Å². The number of thiophene rings is 1. The lowest BCUT2D eigenvalue weighted by atomic mass is 10.2. The van der Waals surface area contributed by atoms with Gasteiger partial charge < -0.3 is 0 Å². The monoisotopic (exact) mass is 334 g/mol. The van der Waals surface area contributed by atoms with Crippen molar-refractivity contribution in [2.45, 2.75) is 25.8 Å². The van der Waals surface area contributed by atoms with Gasteiger partial charge in [-0.25, -0.2) is 0 Å². The van der Waals surface area contributed by atoms with Gasteiger partial charge in [0.25, 0.3) is 0 Å². The number of nitrogens with zero attached hydrogens (tertiary/aromatic N) is 2. The summed E-state index contributed by atoms with van der Waals surface area (Å²) < 4.78 is 1.05. The van der Waals surface area contributed by atoms with Crippen LogP contribution in [0.15, 0.2) is 6.07 Å². The zero-order valence-electron chi connectivity index (χ0n) is 11.9. The highest BCUT2D eigenvalue weighted by atomic mass is 35.5. The minimum Gasteiger partial charge on any atom is -0.299 e. The van der Waals surface area contributed by atoms with E-state index in [1.807, 2.05) is 7.05 Å². The second-order valence-corrected chi connectivity index (χ2v) is 7.57. The molecule has 1 atom stereocenters. The molecule has 0 aliphatic carbocycles. The van der Waals surface area contributed by atoms with Gasteiger partial charge in [0.1, 0.15) is 4.34 Å². The lowest BCUT2D eigenvalue weighted by Crippen LogP contribution is -2.40. The second-order valence-electron chi connectivity index (χ2n) is 5.28. The van der Waals surface area contributed by atoms with Gasteiger partial charge in [-0.1, -0.05) is 30.1 Å². The van der Waals surface area contributed by atoms with Crippen molar-refractivity contribution in [3.63, 3.8) is 0 Å². The Morgan fingerprint density at radius 2 is 2.30 bits per heavy atom. The zero-order valence-corrected chi connectivity index (χ0v) is 14.2. The molecule has 1 aromatic rings. The van der Waals surface area contributed by atoms with Crippen molar-refractivity contribution < 1.29 is 4.79 Å². The van der Waals surface area contributed by atoms with Gasteiger partial charge >= 0.3 is 0 Å². The molecule has 112 valence electrons. The van der Waals surface area contributed by atoms with E-state index in [-0.39, 0.29) is 5.78 Å². The minimum absolute atomic E-state index is 0.0432. The average Bonchev–Trinajstić information content (AvgIpc) is 2.95. The minimum atomic E-state index is 0.0432. The molecule has 0 bridgehead atoms. The molecule has 1 aromatic heterocycles. The molecule has 0 amide bonds. The number of rotatable bonds is 6. The summed E-state index contributed by atoms with van der Waals surface area (Å²) in [5.74, 6) is 0.0432.